The van der Waals surface area contributed by atoms with Crippen molar-refractivity contribution in [1.29, 1.82) is 0 Å². The van der Waals surface area contributed by atoms with Gasteiger partial charge >= 0.3 is 0 Å². The van der Waals surface area contributed by atoms with Crippen LogP contribution in [0.15, 0.2) is 42.5 Å². The van der Waals surface area contributed by atoms with Crippen molar-refractivity contribution < 1.29 is 0 Å². The van der Waals surface area contributed by atoms with E-state index in [1.54, 1.807) is 0 Å². The zero-order valence-electron chi connectivity index (χ0n) is 9.46. The number of hydrogen-bond acceptors (Lipinski definition) is 1. The molecule has 0 fully saturated rings. The van der Waals surface area contributed by atoms with Crippen molar-refractivity contribution in [3.63, 3.8) is 0 Å². The normalized spacial score (nSPS) is 13.3. The number of hydrogen-bond donors (Lipinski definition) is 1. The van der Waals surface area contributed by atoms with Crippen LogP contribution in [0.25, 0.3) is 11.1 Å². The molecule has 1 heterocycles. The third-order valence-corrected chi connectivity index (χ3v) is 3.20. The summed E-state index contributed by atoms with van der Waals surface area (Å²) in [7, 11) is 0. The van der Waals surface area contributed by atoms with Crippen LogP contribution in [0.4, 0.5) is 5.69 Å². The summed E-state index contributed by atoms with van der Waals surface area (Å²) >= 11 is 0. The summed E-state index contributed by atoms with van der Waals surface area (Å²) < 4.78 is 0. The number of aryl methyl sites for hydroxylation is 1. The van der Waals surface area contributed by atoms with Crippen LogP contribution in [0.3, 0.4) is 0 Å². The van der Waals surface area contributed by atoms with Gasteiger partial charge in [-0.25, -0.2) is 0 Å². The summed E-state index contributed by atoms with van der Waals surface area (Å²) in [5.74, 6) is 0. The molecule has 0 atom stereocenters. The van der Waals surface area contributed by atoms with Crippen LogP contribution in [0, 0.1) is 6.92 Å². The minimum absolute atomic E-state index is 1.08. The molecule has 2 aromatic carbocycles. The van der Waals surface area contributed by atoms with Gasteiger partial charge in [-0.15, -0.1) is 0 Å². The van der Waals surface area contributed by atoms with Gasteiger partial charge in [0.05, 0.1) is 0 Å². The predicted octanol–water partition coefficient (Wildman–Crippen LogP) is 3.63. The molecule has 0 radical (unpaired) electrons. The Morgan fingerprint density at radius 2 is 1.69 bits per heavy atom. The van der Waals surface area contributed by atoms with Crippen molar-refractivity contribution in [1.82, 2.24) is 0 Å². The Morgan fingerprint density at radius 3 is 2.50 bits per heavy atom. The second-order valence-electron chi connectivity index (χ2n) is 4.41. The quantitative estimate of drug-likeness (QED) is 0.756. The van der Waals surface area contributed by atoms with Crippen LogP contribution < -0.4 is 5.32 Å². The van der Waals surface area contributed by atoms with E-state index in [-0.39, 0.29) is 0 Å². The third-order valence-electron chi connectivity index (χ3n) is 3.20. The molecule has 1 N–H and O–H groups in total. The van der Waals surface area contributed by atoms with Crippen molar-refractivity contribution in [2.24, 2.45) is 0 Å². The lowest BCUT2D eigenvalue weighted by atomic mass is 10.0. The standard InChI is InChI=1S/C15H15N/c1-11-2-4-12(5-3-11)13-6-7-15-14(10-13)8-9-16-15/h2-7,10,16H,8-9H2,1H3. The van der Waals surface area contributed by atoms with Gasteiger partial charge in [0.2, 0.25) is 0 Å². The summed E-state index contributed by atoms with van der Waals surface area (Å²) in [5.41, 5.74) is 6.68. The topological polar surface area (TPSA) is 12.0 Å². The largest absolute Gasteiger partial charge is 0.384 e. The minimum atomic E-state index is 1.08. The number of anilines is 1. The fraction of sp³-hybridized carbons (Fsp3) is 0.200. The van der Waals surface area contributed by atoms with Gasteiger partial charge in [0.1, 0.15) is 0 Å². The van der Waals surface area contributed by atoms with Crippen LogP contribution in [0.5, 0.6) is 0 Å². The van der Waals surface area contributed by atoms with Crippen molar-refractivity contribution in [2.75, 3.05) is 11.9 Å². The maximum absolute atomic E-state index is 3.39. The fourth-order valence-electron chi connectivity index (χ4n) is 2.23. The summed E-state index contributed by atoms with van der Waals surface area (Å²) in [6.45, 7) is 3.20. The zero-order valence-corrected chi connectivity index (χ0v) is 9.46. The molecule has 1 heteroatoms. The van der Waals surface area contributed by atoms with Crippen LogP contribution >= 0.6 is 0 Å². The number of fused-ring (bicyclic) bond motifs is 1. The summed E-state index contributed by atoms with van der Waals surface area (Å²) in [6.07, 6.45) is 1.15. The molecule has 3 rings (SSSR count). The lowest BCUT2D eigenvalue weighted by molar-refractivity contribution is 1.11. The molecule has 80 valence electrons. The van der Waals surface area contributed by atoms with E-state index in [0.29, 0.717) is 0 Å². The second kappa shape index (κ2) is 3.67. The summed E-state index contributed by atoms with van der Waals surface area (Å²) in [4.78, 5) is 0. The molecular formula is C15H15N. The van der Waals surface area contributed by atoms with Gasteiger partial charge in [-0.3, -0.25) is 0 Å². The van der Waals surface area contributed by atoms with Gasteiger partial charge in [-0.05, 0) is 42.2 Å². The number of benzene rings is 2. The van der Waals surface area contributed by atoms with E-state index in [9.17, 15) is 0 Å². The van der Waals surface area contributed by atoms with E-state index in [4.69, 9.17) is 0 Å². The fourth-order valence-corrected chi connectivity index (χ4v) is 2.23. The molecule has 1 aliphatic heterocycles. The molecule has 0 saturated carbocycles. The lowest BCUT2D eigenvalue weighted by Gasteiger charge is -2.05. The first-order chi connectivity index (χ1) is 7.83. The van der Waals surface area contributed by atoms with Gasteiger partial charge in [0.25, 0.3) is 0 Å². The molecule has 0 amide bonds. The van der Waals surface area contributed by atoms with E-state index in [2.05, 4.69) is 54.7 Å². The van der Waals surface area contributed by atoms with Crippen LogP contribution in [-0.2, 0) is 6.42 Å². The molecule has 0 unspecified atom stereocenters. The van der Waals surface area contributed by atoms with Gasteiger partial charge in [0.15, 0.2) is 0 Å². The van der Waals surface area contributed by atoms with Crippen molar-refractivity contribution >= 4 is 5.69 Å². The zero-order chi connectivity index (χ0) is 11.0. The van der Waals surface area contributed by atoms with Gasteiger partial charge in [0, 0.05) is 12.2 Å². The minimum Gasteiger partial charge on any atom is -0.384 e. The highest BCUT2D eigenvalue weighted by atomic mass is 14.9. The monoisotopic (exact) mass is 209 g/mol. The molecule has 0 saturated heterocycles. The molecule has 0 aliphatic carbocycles. The Labute approximate surface area is 96.1 Å². The Kier molecular flexibility index (Phi) is 2.17. The van der Waals surface area contributed by atoms with Crippen LogP contribution in [0.1, 0.15) is 11.1 Å². The Bertz CT molecular complexity index is 511. The molecule has 1 nitrogen and oxygen atoms in total. The molecular weight excluding hydrogens is 194 g/mol. The lowest BCUT2D eigenvalue weighted by Crippen LogP contribution is -1.90. The first kappa shape index (κ1) is 9.46. The van der Waals surface area contributed by atoms with E-state index in [0.717, 1.165) is 13.0 Å². The first-order valence-electron chi connectivity index (χ1n) is 5.77. The van der Waals surface area contributed by atoms with Crippen molar-refractivity contribution in [2.45, 2.75) is 13.3 Å². The highest BCUT2D eigenvalue weighted by Crippen LogP contribution is 2.28. The van der Waals surface area contributed by atoms with E-state index in [1.807, 2.05) is 0 Å². The van der Waals surface area contributed by atoms with Gasteiger partial charge in [-0.1, -0.05) is 35.9 Å². The van der Waals surface area contributed by atoms with E-state index in [1.165, 1.54) is 27.9 Å². The predicted molar refractivity (Wildman–Crippen MR) is 68.8 cm³/mol. The first-order valence-corrected chi connectivity index (χ1v) is 5.77. The maximum Gasteiger partial charge on any atom is 0.0373 e. The Morgan fingerprint density at radius 1 is 0.938 bits per heavy atom. The van der Waals surface area contributed by atoms with Gasteiger partial charge in [-0.2, -0.15) is 0 Å². The molecule has 2 aromatic rings. The third kappa shape index (κ3) is 1.58. The average molecular weight is 209 g/mol. The molecule has 1 aliphatic rings. The van der Waals surface area contributed by atoms with Crippen LogP contribution in [-0.4, -0.2) is 6.54 Å². The maximum atomic E-state index is 3.39. The van der Waals surface area contributed by atoms with E-state index < -0.39 is 0 Å². The van der Waals surface area contributed by atoms with Crippen LogP contribution in [0.2, 0.25) is 0 Å². The second-order valence-corrected chi connectivity index (χ2v) is 4.41. The molecule has 0 aromatic heterocycles. The molecule has 0 bridgehead atoms. The average Bonchev–Trinajstić information content (AvgIpc) is 2.77. The highest BCUT2D eigenvalue weighted by molar-refractivity contribution is 5.70. The Balaban J connectivity index is 2.03. The van der Waals surface area contributed by atoms with E-state index >= 15 is 0 Å². The number of rotatable bonds is 1. The summed E-state index contributed by atoms with van der Waals surface area (Å²) in [6, 6.07) is 15.4. The highest BCUT2D eigenvalue weighted by Gasteiger charge is 2.10. The molecule has 0 spiro atoms. The number of nitrogens with one attached hydrogen (secondary N) is 1. The molecule has 16 heavy (non-hydrogen) atoms. The summed E-state index contributed by atoms with van der Waals surface area (Å²) in [5, 5.41) is 3.39. The van der Waals surface area contributed by atoms with Gasteiger partial charge < -0.3 is 5.32 Å². The van der Waals surface area contributed by atoms with Crippen molar-refractivity contribution in [3.8, 4) is 11.1 Å². The Hall–Kier alpha value is -1.76. The SMILES string of the molecule is Cc1ccc(-c2ccc3c(c2)CCN3)cc1. The smallest absolute Gasteiger partial charge is 0.0373 e. The van der Waals surface area contributed by atoms with Crippen molar-refractivity contribution in [3.05, 3.63) is 53.6 Å².